The molecular formula is C19H23N. The van der Waals surface area contributed by atoms with Crippen LogP contribution in [0.4, 0.5) is 0 Å². The second kappa shape index (κ2) is 8.31. The van der Waals surface area contributed by atoms with Crippen LogP contribution >= 0.6 is 0 Å². The quantitative estimate of drug-likeness (QED) is 0.631. The van der Waals surface area contributed by atoms with Gasteiger partial charge in [-0.2, -0.15) is 0 Å². The molecule has 0 unspecified atom stereocenters. The molecule has 1 nitrogen and oxygen atoms in total. The van der Waals surface area contributed by atoms with Gasteiger partial charge in [0, 0.05) is 6.21 Å². The first-order valence-corrected chi connectivity index (χ1v) is 7.50. The molecule has 0 saturated carbocycles. The zero-order valence-corrected chi connectivity index (χ0v) is 12.2. The Bertz CT molecular complexity index is 502. The van der Waals surface area contributed by atoms with Gasteiger partial charge in [0.2, 0.25) is 0 Å². The third kappa shape index (κ3) is 5.00. The van der Waals surface area contributed by atoms with Gasteiger partial charge < -0.3 is 0 Å². The summed E-state index contributed by atoms with van der Waals surface area (Å²) in [6.45, 7) is 2.24. The predicted octanol–water partition coefficient (Wildman–Crippen LogP) is 4.91. The maximum absolute atomic E-state index is 4.80. The summed E-state index contributed by atoms with van der Waals surface area (Å²) < 4.78 is 0. The first-order valence-electron chi connectivity index (χ1n) is 7.50. The molecule has 0 aliphatic rings. The number of nitrogens with zero attached hydrogens (tertiary/aromatic N) is 1. The largest absolute Gasteiger partial charge is 0.289 e. The Morgan fingerprint density at radius 3 is 2.25 bits per heavy atom. The van der Waals surface area contributed by atoms with Gasteiger partial charge in [-0.1, -0.05) is 80.4 Å². The second-order valence-corrected chi connectivity index (χ2v) is 5.17. The van der Waals surface area contributed by atoms with Crippen molar-refractivity contribution in [2.45, 2.75) is 38.6 Å². The highest BCUT2D eigenvalue weighted by molar-refractivity contribution is 5.79. The number of hydrogen-bond acceptors (Lipinski definition) is 1. The first kappa shape index (κ1) is 14.5. The molecule has 20 heavy (non-hydrogen) atoms. The Kier molecular flexibility index (Phi) is 6.04. The second-order valence-electron chi connectivity index (χ2n) is 5.17. The van der Waals surface area contributed by atoms with Crippen LogP contribution in [0, 0.1) is 0 Å². The normalized spacial score (nSPS) is 12.7. The van der Waals surface area contributed by atoms with Crippen molar-refractivity contribution in [2.24, 2.45) is 4.99 Å². The van der Waals surface area contributed by atoms with Gasteiger partial charge in [-0.3, -0.25) is 4.99 Å². The van der Waals surface area contributed by atoms with Gasteiger partial charge >= 0.3 is 0 Å². The lowest BCUT2D eigenvalue weighted by atomic mass is 10.0. The highest BCUT2D eigenvalue weighted by Crippen LogP contribution is 2.12. The van der Waals surface area contributed by atoms with E-state index in [1.807, 2.05) is 12.3 Å². The lowest BCUT2D eigenvalue weighted by molar-refractivity contribution is 0.578. The summed E-state index contributed by atoms with van der Waals surface area (Å²) in [5, 5.41) is 0. The van der Waals surface area contributed by atoms with Gasteiger partial charge in [0.1, 0.15) is 0 Å². The molecule has 0 aromatic heterocycles. The van der Waals surface area contributed by atoms with Crippen LogP contribution in [0.3, 0.4) is 0 Å². The molecule has 0 heterocycles. The Balaban J connectivity index is 2.01. The van der Waals surface area contributed by atoms with Gasteiger partial charge in [-0.05, 0) is 24.0 Å². The Morgan fingerprint density at radius 2 is 1.60 bits per heavy atom. The van der Waals surface area contributed by atoms with Crippen LogP contribution in [0.1, 0.15) is 37.3 Å². The minimum absolute atomic E-state index is 0.387. The van der Waals surface area contributed by atoms with Gasteiger partial charge in [-0.15, -0.1) is 0 Å². The van der Waals surface area contributed by atoms with E-state index in [1.54, 1.807) is 0 Å². The maximum Gasteiger partial charge on any atom is 0.0540 e. The van der Waals surface area contributed by atoms with E-state index in [9.17, 15) is 0 Å². The lowest BCUT2D eigenvalue weighted by Crippen LogP contribution is -2.09. The average Bonchev–Trinajstić information content (AvgIpc) is 2.52. The summed E-state index contributed by atoms with van der Waals surface area (Å²) in [6.07, 6.45) is 6.68. The van der Waals surface area contributed by atoms with Crippen molar-refractivity contribution in [3.63, 3.8) is 0 Å². The molecule has 1 heteroatoms. The molecule has 0 fully saturated rings. The molecule has 1 atom stereocenters. The summed E-state index contributed by atoms with van der Waals surface area (Å²) in [5.41, 5.74) is 2.56. The van der Waals surface area contributed by atoms with E-state index < -0.39 is 0 Å². The lowest BCUT2D eigenvalue weighted by Gasteiger charge is -2.12. The number of benzene rings is 2. The summed E-state index contributed by atoms with van der Waals surface area (Å²) in [6, 6.07) is 21.4. The van der Waals surface area contributed by atoms with Crippen LogP contribution in [-0.2, 0) is 6.42 Å². The third-order valence-electron chi connectivity index (χ3n) is 3.44. The molecule has 0 radical (unpaired) electrons. The number of rotatable bonds is 7. The molecule has 0 bridgehead atoms. The van der Waals surface area contributed by atoms with E-state index in [2.05, 4.69) is 61.5 Å². The summed E-state index contributed by atoms with van der Waals surface area (Å²) in [4.78, 5) is 4.80. The number of unbranched alkanes of at least 4 members (excludes halogenated alkanes) is 1. The number of aliphatic imine (C=N–C) groups is 1. The fourth-order valence-electron chi connectivity index (χ4n) is 2.29. The van der Waals surface area contributed by atoms with E-state index in [-0.39, 0.29) is 0 Å². The Hall–Kier alpha value is -1.89. The third-order valence-corrected chi connectivity index (χ3v) is 3.44. The molecule has 2 aromatic carbocycles. The van der Waals surface area contributed by atoms with E-state index in [1.165, 1.54) is 24.0 Å². The fourth-order valence-corrected chi connectivity index (χ4v) is 2.29. The standard InChI is InChI=1S/C19H23N/c1-2-3-14-19(15-17-10-6-4-7-11-17)20-16-18-12-8-5-9-13-18/h4-13,16,19H,2-3,14-15H2,1H3/t19-/m1/s1. The van der Waals surface area contributed by atoms with Crippen LogP contribution in [0.2, 0.25) is 0 Å². The topological polar surface area (TPSA) is 12.4 Å². The number of hydrogen-bond donors (Lipinski definition) is 0. The van der Waals surface area contributed by atoms with Gasteiger partial charge in [0.05, 0.1) is 6.04 Å². The average molecular weight is 265 g/mol. The maximum atomic E-state index is 4.80. The fraction of sp³-hybridized carbons (Fsp3) is 0.316. The van der Waals surface area contributed by atoms with Crippen molar-refractivity contribution < 1.29 is 0 Å². The predicted molar refractivity (Wildman–Crippen MR) is 87.5 cm³/mol. The molecular weight excluding hydrogens is 242 g/mol. The van der Waals surface area contributed by atoms with E-state index in [0.717, 1.165) is 12.8 Å². The molecule has 104 valence electrons. The highest BCUT2D eigenvalue weighted by atomic mass is 14.8. The Morgan fingerprint density at radius 1 is 0.950 bits per heavy atom. The Labute approximate surface area is 122 Å². The van der Waals surface area contributed by atoms with E-state index >= 15 is 0 Å². The van der Waals surface area contributed by atoms with Crippen molar-refractivity contribution in [2.75, 3.05) is 0 Å². The molecule has 0 N–H and O–H groups in total. The summed E-state index contributed by atoms with van der Waals surface area (Å²) >= 11 is 0. The smallest absolute Gasteiger partial charge is 0.0540 e. The van der Waals surface area contributed by atoms with Crippen molar-refractivity contribution in [3.8, 4) is 0 Å². The monoisotopic (exact) mass is 265 g/mol. The van der Waals surface area contributed by atoms with Crippen LogP contribution in [0.25, 0.3) is 0 Å². The van der Waals surface area contributed by atoms with Crippen LogP contribution in [0.15, 0.2) is 65.7 Å². The zero-order valence-electron chi connectivity index (χ0n) is 12.2. The van der Waals surface area contributed by atoms with E-state index in [4.69, 9.17) is 4.99 Å². The molecule has 2 aromatic rings. The molecule has 0 aliphatic carbocycles. The zero-order chi connectivity index (χ0) is 14.0. The molecule has 2 rings (SSSR count). The van der Waals surface area contributed by atoms with Crippen LogP contribution in [-0.4, -0.2) is 12.3 Å². The molecule has 0 spiro atoms. The molecule has 0 amide bonds. The van der Waals surface area contributed by atoms with E-state index in [0.29, 0.717) is 6.04 Å². The summed E-state index contributed by atoms with van der Waals surface area (Å²) in [7, 11) is 0. The minimum Gasteiger partial charge on any atom is -0.289 e. The van der Waals surface area contributed by atoms with Gasteiger partial charge in [0.15, 0.2) is 0 Å². The van der Waals surface area contributed by atoms with Gasteiger partial charge in [-0.25, -0.2) is 0 Å². The van der Waals surface area contributed by atoms with Crippen molar-refractivity contribution in [3.05, 3.63) is 71.8 Å². The molecule has 0 aliphatic heterocycles. The van der Waals surface area contributed by atoms with Gasteiger partial charge in [0.25, 0.3) is 0 Å². The van der Waals surface area contributed by atoms with Crippen molar-refractivity contribution in [1.29, 1.82) is 0 Å². The van der Waals surface area contributed by atoms with Crippen LogP contribution in [0.5, 0.6) is 0 Å². The van der Waals surface area contributed by atoms with Crippen molar-refractivity contribution in [1.82, 2.24) is 0 Å². The highest BCUT2D eigenvalue weighted by Gasteiger charge is 2.06. The summed E-state index contributed by atoms with van der Waals surface area (Å²) in [5.74, 6) is 0. The first-order chi connectivity index (χ1) is 9.88. The molecule has 0 saturated heterocycles. The minimum atomic E-state index is 0.387. The van der Waals surface area contributed by atoms with Crippen molar-refractivity contribution >= 4 is 6.21 Å². The van der Waals surface area contributed by atoms with Crippen LogP contribution < -0.4 is 0 Å². The SMILES string of the molecule is CCCC[C@H](Cc1ccccc1)N=Cc1ccccc1.